The molecule has 1 aliphatic rings. The summed E-state index contributed by atoms with van der Waals surface area (Å²) in [6, 6.07) is 9.72. The predicted molar refractivity (Wildman–Crippen MR) is 115 cm³/mol. The first-order valence-electron chi connectivity index (χ1n) is 10.3. The molecule has 0 radical (unpaired) electrons. The molecule has 2 aromatic heterocycles. The third-order valence-corrected chi connectivity index (χ3v) is 5.33. The zero-order valence-electron chi connectivity index (χ0n) is 17.4. The van der Waals surface area contributed by atoms with Crippen molar-refractivity contribution in [2.75, 3.05) is 19.6 Å². The molecule has 8 nitrogen and oxygen atoms in total. The largest absolute Gasteiger partial charge is 0.385 e. The van der Waals surface area contributed by atoms with Crippen LogP contribution in [0.25, 0.3) is 11.3 Å². The first-order chi connectivity index (χ1) is 15.0. The van der Waals surface area contributed by atoms with E-state index in [0.29, 0.717) is 18.1 Å². The average Bonchev–Trinajstić information content (AvgIpc) is 3.36. The van der Waals surface area contributed by atoms with E-state index in [1.54, 1.807) is 13.1 Å². The summed E-state index contributed by atoms with van der Waals surface area (Å²) >= 11 is 0. The van der Waals surface area contributed by atoms with E-state index in [1.807, 2.05) is 41.1 Å². The standard InChI is InChI=1S/C23H25N5O3/c1-16(29)23-25-9-11-28(23)15-20-12-21(31-26-20)18-7-5-17(6-8-18)4-2-3-10-27-13-19(14-27)22(24)30/h5-9,11-12,16,19,29H,3,10,13-15H2,1H3,(H2,24,30)/t16-/m0/s1. The summed E-state index contributed by atoms with van der Waals surface area (Å²) in [6.45, 7) is 4.49. The molecule has 0 spiro atoms. The van der Waals surface area contributed by atoms with Crippen molar-refractivity contribution < 1.29 is 14.4 Å². The number of likely N-dealkylation sites (tertiary alicyclic amines) is 1. The minimum absolute atomic E-state index is 0.00246. The molecule has 160 valence electrons. The summed E-state index contributed by atoms with van der Waals surface area (Å²) in [5.74, 6) is 7.39. The van der Waals surface area contributed by atoms with E-state index >= 15 is 0 Å². The van der Waals surface area contributed by atoms with Gasteiger partial charge >= 0.3 is 0 Å². The molecule has 0 unspecified atom stereocenters. The molecule has 1 fully saturated rings. The molecule has 8 heteroatoms. The van der Waals surface area contributed by atoms with Crippen LogP contribution in [0.2, 0.25) is 0 Å². The van der Waals surface area contributed by atoms with Gasteiger partial charge in [0.05, 0.1) is 12.5 Å². The normalized spacial score (nSPS) is 15.2. The number of aliphatic hydroxyl groups excluding tert-OH is 1. The Morgan fingerprint density at radius 3 is 2.84 bits per heavy atom. The average molecular weight is 419 g/mol. The molecular formula is C23H25N5O3. The lowest BCUT2D eigenvalue weighted by atomic mass is 9.99. The summed E-state index contributed by atoms with van der Waals surface area (Å²) in [7, 11) is 0. The van der Waals surface area contributed by atoms with Gasteiger partial charge in [0.25, 0.3) is 0 Å². The molecule has 0 bridgehead atoms. The highest BCUT2D eigenvalue weighted by atomic mass is 16.5. The zero-order chi connectivity index (χ0) is 21.8. The van der Waals surface area contributed by atoms with Crippen LogP contribution in [0.5, 0.6) is 0 Å². The van der Waals surface area contributed by atoms with Gasteiger partial charge in [0.1, 0.15) is 17.6 Å². The first kappa shape index (κ1) is 20.8. The van der Waals surface area contributed by atoms with Crippen molar-refractivity contribution in [3.63, 3.8) is 0 Å². The van der Waals surface area contributed by atoms with Gasteiger partial charge < -0.3 is 24.8 Å². The fourth-order valence-electron chi connectivity index (χ4n) is 3.55. The van der Waals surface area contributed by atoms with E-state index in [9.17, 15) is 9.90 Å². The summed E-state index contributed by atoms with van der Waals surface area (Å²) in [6.07, 6.45) is 3.57. The number of amides is 1. The smallest absolute Gasteiger partial charge is 0.223 e. The molecule has 3 N–H and O–H groups in total. The van der Waals surface area contributed by atoms with Crippen LogP contribution in [0.4, 0.5) is 0 Å². The Balaban J connectivity index is 1.31. The lowest BCUT2D eigenvalue weighted by Crippen LogP contribution is -2.52. The zero-order valence-corrected chi connectivity index (χ0v) is 17.4. The lowest BCUT2D eigenvalue weighted by molar-refractivity contribution is -0.126. The van der Waals surface area contributed by atoms with Gasteiger partial charge in [-0.05, 0) is 31.2 Å². The van der Waals surface area contributed by atoms with Crippen molar-refractivity contribution in [2.45, 2.75) is 26.0 Å². The van der Waals surface area contributed by atoms with Crippen LogP contribution >= 0.6 is 0 Å². The number of primary amides is 1. The lowest BCUT2D eigenvalue weighted by Gasteiger charge is -2.36. The molecule has 3 heterocycles. The van der Waals surface area contributed by atoms with E-state index in [4.69, 9.17) is 10.3 Å². The molecule has 0 aliphatic carbocycles. The molecular weight excluding hydrogens is 394 g/mol. The number of hydrogen-bond acceptors (Lipinski definition) is 6. The van der Waals surface area contributed by atoms with Gasteiger partial charge in [-0.15, -0.1) is 0 Å². The number of aliphatic hydroxyl groups is 1. The maximum absolute atomic E-state index is 11.0. The van der Waals surface area contributed by atoms with Crippen molar-refractivity contribution in [1.82, 2.24) is 19.6 Å². The van der Waals surface area contributed by atoms with Crippen LogP contribution < -0.4 is 5.73 Å². The predicted octanol–water partition coefficient (Wildman–Crippen LogP) is 1.80. The molecule has 4 rings (SSSR count). The van der Waals surface area contributed by atoms with Gasteiger partial charge in [-0.3, -0.25) is 4.79 Å². The number of aromatic nitrogens is 3. The van der Waals surface area contributed by atoms with Crippen molar-refractivity contribution in [3.05, 3.63) is 59.8 Å². The van der Waals surface area contributed by atoms with Crippen LogP contribution in [0.15, 0.2) is 47.2 Å². The van der Waals surface area contributed by atoms with E-state index in [2.05, 4.69) is 26.9 Å². The van der Waals surface area contributed by atoms with Gasteiger partial charge in [-0.25, -0.2) is 4.98 Å². The third-order valence-electron chi connectivity index (χ3n) is 5.33. The highest BCUT2D eigenvalue weighted by Gasteiger charge is 2.29. The van der Waals surface area contributed by atoms with Crippen molar-refractivity contribution >= 4 is 5.91 Å². The van der Waals surface area contributed by atoms with Crippen LogP contribution in [0.3, 0.4) is 0 Å². The Labute approximate surface area is 180 Å². The highest BCUT2D eigenvalue weighted by molar-refractivity contribution is 5.78. The molecule has 1 atom stereocenters. The number of benzene rings is 1. The Bertz CT molecular complexity index is 1100. The van der Waals surface area contributed by atoms with E-state index in [0.717, 1.165) is 42.9 Å². The number of rotatable bonds is 7. The second-order valence-corrected chi connectivity index (χ2v) is 7.76. The van der Waals surface area contributed by atoms with Crippen molar-refractivity contribution in [3.8, 4) is 23.2 Å². The maximum atomic E-state index is 11.0. The van der Waals surface area contributed by atoms with Crippen LogP contribution in [0, 0.1) is 17.8 Å². The SMILES string of the molecule is C[C@H](O)c1nccn1Cc1cc(-c2ccc(C#CCCN3CC(C(N)=O)C3)cc2)on1. The fourth-order valence-corrected chi connectivity index (χ4v) is 3.55. The minimum atomic E-state index is -0.645. The monoisotopic (exact) mass is 419 g/mol. The Kier molecular flexibility index (Phi) is 6.16. The van der Waals surface area contributed by atoms with Gasteiger partial charge in [-0.2, -0.15) is 0 Å². The van der Waals surface area contributed by atoms with E-state index in [1.165, 1.54) is 0 Å². The molecule has 0 saturated carbocycles. The van der Waals surface area contributed by atoms with Crippen molar-refractivity contribution in [2.24, 2.45) is 11.7 Å². The Morgan fingerprint density at radius 2 is 2.13 bits per heavy atom. The topological polar surface area (TPSA) is 110 Å². The number of nitrogens with zero attached hydrogens (tertiary/aromatic N) is 4. The molecule has 1 aliphatic heterocycles. The number of carbonyl (C=O) groups excluding carboxylic acids is 1. The Morgan fingerprint density at radius 1 is 1.35 bits per heavy atom. The third kappa shape index (κ3) is 5.02. The van der Waals surface area contributed by atoms with Gasteiger partial charge in [0.2, 0.25) is 5.91 Å². The summed E-state index contributed by atoms with van der Waals surface area (Å²) < 4.78 is 7.33. The second-order valence-electron chi connectivity index (χ2n) is 7.76. The second kappa shape index (κ2) is 9.16. The van der Waals surface area contributed by atoms with E-state index in [-0.39, 0.29) is 11.8 Å². The van der Waals surface area contributed by atoms with Gasteiger partial charge in [0.15, 0.2) is 5.76 Å². The number of imidazole rings is 1. The number of nitrogens with two attached hydrogens (primary N) is 1. The van der Waals surface area contributed by atoms with Crippen LogP contribution in [-0.4, -0.2) is 50.3 Å². The van der Waals surface area contributed by atoms with Crippen LogP contribution in [0.1, 0.15) is 36.5 Å². The highest BCUT2D eigenvalue weighted by Crippen LogP contribution is 2.22. The first-order valence-corrected chi connectivity index (χ1v) is 10.3. The van der Waals surface area contributed by atoms with Gasteiger partial charge in [0, 0.05) is 55.6 Å². The number of carbonyl (C=O) groups is 1. The quantitative estimate of drug-likeness (QED) is 0.565. The summed E-state index contributed by atoms with van der Waals surface area (Å²) in [5, 5.41) is 13.9. The molecule has 1 saturated heterocycles. The molecule has 1 amide bonds. The minimum Gasteiger partial charge on any atom is -0.385 e. The molecule has 31 heavy (non-hydrogen) atoms. The molecule has 3 aromatic rings. The molecule has 1 aromatic carbocycles. The van der Waals surface area contributed by atoms with Gasteiger partial charge in [-0.1, -0.05) is 17.0 Å². The number of hydrogen-bond donors (Lipinski definition) is 2. The van der Waals surface area contributed by atoms with Crippen LogP contribution in [-0.2, 0) is 11.3 Å². The fraction of sp³-hybridized carbons (Fsp3) is 0.348. The van der Waals surface area contributed by atoms with Crippen molar-refractivity contribution in [1.29, 1.82) is 0 Å². The summed E-state index contributed by atoms with van der Waals surface area (Å²) in [4.78, 5) is 17.4. The van der Waals surface area contributed by atoms with E-state index < -0.39 is 6.10 Å². The Hall–Kier alpha value is -3.41. The maximum Gasteiger partial charge on any atom is 0.223 e. The summed E-state index contributed by atoms with van der Waals surface area (Å²) in [5.41, 5.74) is 7.88.